The van der Waals surface area contributed by atoms with E-state index in [1.807, 2.05) is 18.2 Å². The Kier molecular flexibility index (Phi) is 3.39. The van der Waals surface area contributed by atoms with Crippen LogP contribution in [0.4, 0.5) is 5.69 Å². The summed E-state index contributed by atoms with van der Waals surface area (Å²) >= 11 is 11.9. The Labute approximate surface area is 100.0 Å². The van der Waals surface area contributed by atoms with Gasteiger partial charge in [0, 0.05) is 24.8 Å². The van der Waals surface area contributed by atoms with E-state index in [1.165, 1.54) is 0 Å². The molecule has 0 bridgehead atoms. The number of hydrogen-bond donors (Lipinski definition) is 1. The lowest BCUT2D eigenvalue weighted by Crippen LogP contribution is -2.39. The fourth-order valence-electron chi connectivity index (χ4n) is 1.84. The minimum Gasteiger partial charge on any atom is -0.371 e. The van der Waals surface area contributed by atoms with E-state index in [2.05, 4.69) is 4.90 Å². The Morgan fingerprint density at radius 1 is 1.13 bits per heavy atom. The molecule has 1 aliphatic heterocycles. The van der Waals surface area contributed by atoms with E-state index in [9.17, 15) is 0 Å². The summed E-state index contributed by atoms with van der Waals surface area (Å²) in [6.45, 7) is 2.00. The summed E-state index contributed by atoms with van der Waals surface area (Å²) in [5.74, 6) is 0. The van der Waals surface area contributed by atoms with Crippen LogP contribution in [0, 0.1) is 0 Å². The summed E-state index contributed by atoms with van der Waals surface area (Å²) in [7, 11) is 0. The maximum Gasteiger partial charge on any atom is 0.0612 e. The number of nitrogens with two attached hydrogens (primary N) is 1. The molecule has 1 aromatic carbocycles. The topological polar surface area (TPSA) is 29.3 Å². The summed E-state index contributed by atoms with van der Waals surface area (Å²) in [5, 5.41) is 1.22. The van der Waals surface area contributed by atoms with E-state index in [0.29, 0.717) is 16.1 Å². The first-order chi connectivity index (χ1) is 7.16. The van der Waals surface area contributed by atoms with Crippen molar-refractivity contribution in [3.63, 3.8) is 0 Å². The number of anilines is 1. The zero-order valence-electron chi connectivity index (χ0n) is 8.42. The molecule has 0 spiro atoms. The van der Waals surface area contributed by atoms with Crippen LogP contribution in [0.25, 0.3) is 0 Å². The number of piperidine rings is 1. The lowest BCUT2D eigenvalue weighted by atomic mass is 10.1. The van der Waals surface area contributed by atoms with Gasteiger partial charge in [-0.2, -0.15) is 0 Å². The number of nitrogens with zero attached hydrogens (tertiary/aromatic N) is 1. The number of rotatable bonds is 1. The molecular formula is C11H14Cl2N2. The fraction of sp³-hybridized carbons (Fsp3) is 0.455. The van der Waals surface area contributed by atoms with E-state index in [-0.39, 0.29) is 0 Å². The van der Waals surface area contributed by atoms with Crippen LogP contribution in [0.5, 0.6) is 0 Å². The van der Waals surface area contributed by atoms with Crippen LogP contribution in [-0.4, -0.2) is 19.1 Å². The van der Waals surface area contributed by atoms with Gasteiger partial charge in [-0.05, 0) is 31.0 Å². The van der Waals surface area contributed by atoms with E-state index in [4.69, 9.17) is 28.9 Å². The Hall–Kier alpha value is -0.440. The number of benzene rings is 1. The van der Waals surface area contributed by atoms with Crippen LogP contribution >= 0.6 is 23.2 Å². The molecule has 1 aromatic rings. The zero-order valence-corrected chi connectivity index (χ0v) is 9.93. The van der Waals surface area contributed by atoms with Crippen molar-refractivity contribution in [1.29, 1.82) is 0 Å². The van der Waals surface area contributed by atoms with Gasteiger partial charge >= 0.3 is 0 Å². The lowest BCUT2D eigenvalue weighted by Gasteiger charge is -2.32. The Morgan fingerprint density at radius 3 is 2.40 bits per heavy atom. The Bertz CT molecular complexity index is 346. The van der Waals surface area contributed by atoms with Crippen LogP contribution in [0.2, 0.25) is 10.0 Å². The van der Waals surface area contributed by atoms with Gasteiger partial charge in [0.05, 0.1) is 10.0 Å². The molecule has 0 aromatic heterocycles. The highest BCUT2D eigenvalue weighted by atomic mass is 35.5. The summed E-state index contributed by atoms with van der Waals surface area (Å²) in [4.78, 5) is 2.30. The quantitative estimate of drug-likeness (QED) is 0.824. The maximum atomic E-state index is 5.98. The summed E-state index contributed by atoms with van der Waals surface area (Å²) < 4.78 is 0. The van der Waals surface area contributed by atoms with E-state index < -0.39 is 0 Å². The number of halogens is 2. The van der Waals surface area contributed by atoms with E-state index >= 15 is 0 Å². The van der Waals surface area contributed by atoms with Crippen LogP contribution in [-0.2, 0) is 0 Å². The fourth-order valence-corrected chi connectivity index (χ4v) is 2.13. The molecule has 2 nitrogen and oxygen atoms in total. The zero-order chi connectivity index (χ0) is 10.8. The Balaban J connectivity index is 2.12. The van der Waals surface area contributed by atoms with Crippen molar-refractivity contribution >= 4 is 28.9 Å². The van der Waals surface area contributed by atoms with Gasteiger partial charge in [-0.25, -0.2) is 0 Å². The highest BCUT2D eigenvalue weighted by Crippen LogP contribution is 2.28. The first-order valence-electron chi connectivity index (χ1n) is 5.12. The van der Waals surface area contributed by atoms with Gasteiger partial charge in [0.2, 0.25) is 0 Å². The second-order valence-electron chi connectivity index (χ2n) is 3.92. The molecule has 0 radical (unpaired) electrons. The molecule has 15 heavy (non-hydrogen) atoms. The van der Waals surface area contributed by atoms with Crippen LogP contribution in [0.1, 0.15) is 12.8 Å². The highest BCUT2D eigenvalue weighted by molar-refractivity contribution is 6.42. The molecule has 0 saturated carbocycles. The van der Waals surface area contributed by atoms with Gasteiger partial charge in [-0.1, -0.05) is 23.2 Å². The van der Waals surface area contributed by atoms with Crippen molar-refractivity contribution in [1.82, 2.24) is 0 Å². The van der Waals surface area contributed by atoms with Crippen LogP contribution < -0.4 is 10.6 Å². The third kappa shape index (κ3) is 2.57. The van der Waals surface area contributed by atoms with Crippen molar-refractivity contribution in [3.05, 3.63) is 28.2 Å². The monoisotopic (exact) mass is 244 g/mol. The average molecular weight is 245 g/mol. The van der Waals surface area contributed by atoms with Gasteiger partial charge in [-0.15, -0.1) is 0 Å². The predicted octanol–water partition coefficient (Wildman–Crippen LogP) is 2.92. The molecule has 0 amide bonds. The minimum atomic E-state index is 0.351. The summed E-state index contributed by atoms with van der Waals surface area (Å²) in [6, 6.07) is 6.11. The van der Waals surface area contributed by atoms with Crippen molar-refractivity contribution in [3.8, 4) is 0 Å². The summed E-state index contributed by atoms with van der Waals surface area (Å²) in [5.41, 5.74) is 6.99. The van der Waals surface area contributed by atoms with Crippen molar-refractivity contribution in [2.24, 2.45) is 5.73 Å². The second kappa shape index (κ2) is 4.60. The third-order valence-electron chi connectivity index (χ3n) is 2.81. The van der Waals surface area contributed by atoms with Gasteiger partial charge < -0.3 is 10.6 Å². The molecule has 0 unspecified atom stereocenters. The molecule has 82 valence electrons. The van der Waals surface area contributed by atoms with Gasteiger partial charge in [-0.3, -0.25) is 0 Å². The van der Waals surface area contributed by atoms with Crippen molar-refractivity contribution < 1.29 is 0 Å². The standard InChI is InChI=1S/C11H14Cl2N2/c12-10-2-1-9(7-11(10)13)15-5-3-8(14)4-6-15/h1-2,7-8H,3-6,14H2. The maximum absolute atomic E-state index is 5.98. The van der Waals surface area contributed by atoms with Crippen molar-refractivity contribution in [2.45, 2.75) is 18.9 Å². The van der Waals surface area contributed by atoms with E-state index in [0.717, 1.165) is 31.6 Å². The molecule has 2 rings (SSSR count). The predicted molar refractivity (Wildman–Crippen MR) is 65.9 cm³/mol. The molecule has 2 N–H and O–H groups in total. The molecular weight excluding hydrogens is 231 g/mol. The SMILES string of the molecule is NC1CCN(c2ccc(Cl)c(Cl)c2)CC1. The number of hydrogen-bond acceptors (Lipinski definition) is 2. The minimum absolute atomic E-state index is 0.351. The Morgan fingerprint density at radius 2 is 1.80 bits per heavy atom. The third-order valence-corrected chi connectivity index (χ3v) is 3.55. The van der Waals surface area contributed by atoms with Crippen LogP contribution in [0.15, 0.2) is 18.2 Å². The normalized spacial score (nSPS) is 18.2. The molecule has 0 atom stereocenters. The average Bonchev–Trinajstić information content (AvgIpc) is 2.23. The second-order valence-corrected chi connectivity index (χ2v) is 4.74. The molecule has 1 saturated heterocycles. The van der Waals surface area contributed by atoms with Gasteiger partial charge in [0.1, 0.15) is 0 Å². The molecule has 4 heteroatoms. The largest absolute Gasteiger partial charge is 0.371 e. The molecule has 1 heterocycles. The van der Waals surface area contributed by atoms with Gasteiger partial charge in [0.25, 0.3) is 0 Å². The van der Waals surface area contributed by atoms with Crippen molar-refractivity contribution in [2.75, 3.05) is 18.0 Å². The molecule has 1 aliphatic rings. The van der Waals surface area contributed by atoms with Crippen LogP contribution in [0.3, 0.4) is 0 Å². The smallest absolute Gasteiger partial charge is 0.0612 e. The molecule has 0 aliphatic carbocycles. The molecule has 1 fully saturated rings. The first kappa shape index (κ1) is 11.1. The van der Waals surface area contributed by atoms with E-state index in [1.54, 1.807) is 0 Å². The lowest BCUT2D eigenvalue weighted by molar-refractivity contribution is 0.501. The first-order valence-corrected chi connectivity index (χ1v) is 5.88. The summed E-state index contributed by atoms with van der Waals surface area (Å²) in [6.07, 6.45) is 2.08. The highest BCUT2D eigenvalue weighted by Gasteiger charge is 2.16. The van der Waals surface area contributed by atoms with Gasteiger partial charge in [0.15, 0.2) is 0 Å².